The van der Waals surface area contributed by atoms with Crippen molar-refractivity contribution in [3.63, 3.8) is 0 Å². The van der Waals surface area contributed by atoms with E-state index in [0.717, 1.165) is 12.8 Å². The highest BCUT2D eigenvalue weighted by Gasteiger charge is 1.91. The Morgan fingerprint density at radius 1 is 0.714 bits per heavy atom. The van der Waals surface area contributed by atoms with Crippen LogP contribution in [0.2, 0.25) is 0 Å². The Bertz CT molecular complexity index is 129. The molecule has 14 heavy (non-hydrogen) atoms. The Morgan fingerprint density at radius 2 is 1.14 bits per heavy atom. The first kappa shape index (κ1) is 13.6. The standard InChI is InChI=1S/C14H25/c1-3-5-7-9-11-13-14-12-10-8-6-4-2/h1H,2,4-14H2. The van der Waals surface area contributed by atoms with Gasteiger partial charge in [0.2, 0.25) is 0 Å². The van der Waals surface area contributed by atoms with Crippen molar-refractivity contribution in [3.05, 3.63) is 6.92 Å². The summed E-state index contributed by atoms with van der Waals surface area (Å²) in [6.07, 6.45) is 19.5. The third-order valence-corrected chi connectivity index (χ3v) is 2.57. The van der Waals surface area contributed by atoms with Gasteiger partial charge < -0.3 is 0 Å². The Kier molecular flexibility index (Phi) is 12.2. The van der Waals surface area contributed by atoms with Crippen LogP contribution < -0.4 is 0 Å². The molecule has 0 unspecified atom stereocenters. The zero-order valence-corrected chi connectivity index (χ0v) is 9.56. The van der Waals surface area contributed by atoms with Crippen LogP contribution in [0.5, 0.6) is 0 Å². The van der Waals surface area contributed by atoms with E-state index in [1.54, 1.807) is 0 Å². The van der Waals surface area contributed by atoms with Crippen molar-refractivity contribution in [2.75, 3.05) is 0 Å². The number of rotatable bonds is 10. The number of unbranched alkanes of at least 4 members (excludes halogenated alkanes) is 10. The quantitative estimate of drug-likeness (QED) is 0.347. The molecule has 0 heterocycles. The highest BCUT2D eigenvalue weighted by molar-refractivity contribution is 4.82. The van der Waals surface area contributed by atoms with Crippen LogP contribution in [0.4, 0.5) is 0 Å². The summed E-state index contributed by atoms with van der Waals surface area (Å²) in [6, 6.07) is 0. The monoisotopic (exact) mass is 193 g/mol. The van der Waals surface area contributed by atoms with Gasteiger partial charge in [-0.25, -0.2) is 0 Å². The zero-order valence-electron chi connectivity index (χ0n) is 9.56. The van der Waals surface area contributed by atoms with Gasteiger partial charge in [-0.3, -0.25) is 0 Å². The van der Waals surface area contributed by atoms with Crippen molar-refractivity contribution in [1.29, 1.82) is 0 Å². The minimum atomic E-state index is 0.962. The second kappa shape index (κ2) is 12.6. The Labute approximate surface area is 90.5 Å². The summed E-state index contributed by atoms with van der Waals surface area (Å²) < 4.78 is 0. The van der Waals surface area contributed by atoms with Crippen molar-refractivity contribution in [3.8, 4) is 12.3 Å². The molecule has 0 bridgehead atoms. The highest BCUT2D eigenvalue weighted by atomic mass is 14.0. The molecule has 0 amide bonds. The first-order valence-electron chi connectivity index (χ1n) is 6.14. The molecule has 0 aliphatic rings. The number of terminal acetylenes is 1. The lowest BCUT2D eigenvalue weighted by Gasteiger charge is -2.00. The molecular weight excluding hydrogens is 168 g/mol. The minimum Gasteiger partial charge on any atom is -0.120 e. The first-order chi connectivity index (χ1) is 6.91. The van der Waals surface area contributed by atoms with E-state index in [9.17, 15) is 0 Å². The Balaban J connectivity index is 2.82. The van der Waals surface area contributed by atoms with Gasteiger partial charge in [0.25, 0.3) is 0 Å². The minimum absolute atomic E-state index is 0.962. The average Bonchev–Trinajstić information content (AvgIpc) is 2.21. The molecule has 0 aliphatic heterocycles. The van der Waals surface area contributed by atoms with Gasteiger partial charge in [-0.05, 0) is 6.42 Å². The van der Waals surface area contributed by atoms with E-state index < -0.39 is 0 Å². The molecular formula is C14H25. The lowest BCUT2D eigenvalue weighted by atomic mass is 10.1. The van der Waals surface area contributed by atoms with Crippen LogP contribution in [0.25, 0.3) is 0 Å². The smallest absolute Gasteiger partial charge is 0.00860 e. The van der Waals surface area contributed by atoms with Gasteiger partial charge in [0.05, 0.1) is 0 Å². The number of hydrogen-bond donors (Lipinski definition) is 0. The molecule has 0 aromatic rings. The van der Waals surface area contributed by atoms with Crippen molar-refractivity contribution < 1.29 is 0 Å². The van der Waals surface area contributed by atoms with Crippen molar-refractivity contribution in [1.82, 2.24) is 0 Å². The summed E-state index contributed by atoms with van der Waals surface area (Å²) in [4.78, 5) is 0. The molecule has 0 aliphatic carbocycles. The summed E-state index contributed by atoms with van der Waals surface area (Å²) in [5, 5.41) is 0. The lowest BCUT2D eigenvalue weighted by molar-refractivity contribution is 0.562. The summed E-state index contributed by atoms with van der Waals surface area (Å²) >= 11 is 0. The van der Waals surface area contributed by atoms with Gasteiger partial charge in [-0.15, -0.1) is 12.3 Å². The molecule has 0 heteroatoms. The maximum absolute atomic E-state index is 5.18. The van der Waals surface area contributed by atoms with Crippen molar-refractivity contribution in [2.24, 2.45) is 0 Å². The Hall–Kier alpha value is -0.440. The van der Waals surface area contributed by atoms with Gasteiger partial charge >= 0.3 is 0 Å². The Morgan fingerprint density at radius 3 is 1.57 bits per heavy atom. The van der Waals surface area contributed by atoms with Crippen LogP contribution in [0, 0.1) is 19.3 Å². The maximum Gasteiger partial charge on any atom is 0.00860 e. The zero-order chi connectivity index (χ0) is 10.5. The van der Waals surface area contributed by atoms with Crippen LogP contribution in [0.1, 0.15) is 70.6 Å². The van der Waals surface area contributed by atoms with Crippen molar-refractivity contribution >= 4 is 0 Å². The molecule has 0 aromatic carbocycles. The summed E-state index contributed by atoms with van der Waals surface area (Å²) in [5.41, 5.74) is 0. The van der Waals surface area contributed by atoms with Crippen LogP contribution >= 0.6 is 0 Å². The van der Waals surface area contributed by atoms with E-state index in [-0.39, 0.29) is 0 Å². The maximum atomic E-state index is 5.18. The van der Waals surface area contributed by atoms with Crippen molar-refractivity contribution in [2.45, 2.75) is 70.6 Å². The second-order valence-electron chi connectivity index (χ2n) is 3.99. The lowest BCUT2D eigenvalue weighted by Crippen LogP contribution is -1.81. The second-order valence-corrected chi connectivity index (χ2v) is 3.99. The van der Waals surface area contributed by atoms with Crippen LogP contribution in [0.15, 0.2) is 0 Å². The van der Waals surface area contributed by atoms with E-state index in [1.165, 1.54) is 57.8 Å². The fraction of sp³-hybridized carbons (Fsp3) is 0.786. The molecule has 0 aromatic heterocycles. The third kappa shape index (κ3) is 11.6. The SMILES string of the molecule is C#CCCCCCCCCCCC[CH2]. The number of hydrogen-bond acceptors (Lipinski definition) is 0. The van der Waals surface area contributed by atoms with E-state index in [0.29, 0.717) is 0 Å². The molecule has 0 rings (SSSR count). The topological polar surface area (TPSA) is 0 Å². The molecule has 0 fully saturated rings. The highest BCUT2D eigenvalue weighted by Crippen LogP contribution is 2.10. The molecule has 0 nitrogen and oxygen atoms in total. The summed E-state index contributed by atoms with van der Waals surface area (Å²) in [5.74, 6) is 2.69. The van der Waals surface area contributed by atoms with Gasteiger partial charge in [-0.1, -0.05) is 64.7 Å². The molecule has 0 saturated carbocycles. The normalized spacial score (nSPS) is 10.0. The fourth-order valence-electron chi connectivity index (χ4n) is 1.64. The molecule has 1 radical (unpaired) electrons. The molecule has 0 N–H and O–H groups in total. The molecule has 81 valence electrons. The van der Waals surface area contributed by atoms with Gasteiger partial charge in [-0.2, -0.15) is 0 Å². The molecule has 0 atom stereocenters. The first-order valence-corrected chi connectivity index (χ1v) is 6.14. The molecule has 0 spiro atoms. The van der Waals surface area contributed by atoms with E-state index in [2.05, 4.69) is 12.8 Å². The van der Waals surface area contributed by atoms with Crippen LogP contribution in [-0.4, -0.2) is 0 Å². The van der Waals surface area contributed by atoms with Gasteiger partial charge in [0, 0.05) is 6.42 Å². The van der Waals surface area contributed by atoms with Gasteiger partial charge in [0.1, 0.15) is 0 Å². The predicted molar refractivity (Wildman–Crippen MR) is 65.0 cm³/mol. The average molecular weight is 193 g/mol. The van der Waals surface area contributed by atoms with Gasteiger partial charge in [0.15, 0.2) is 0 Å². The van der Waals surface area contributed by atoms with Crippen LogP contribution in [0.3, 0.4) is 0 Å². The van der Waals surface area contributed by atoms with E-state index in [4.69, 9.17) is 6.42 Å². The molecule has 0 saturated heterocycles. The predicted octanol–water partition coefficient (Wildman–Crippen LogP) is 4.74. The fourth-order valence-corrected chi connectivity index (χ4v) is 1.64. The summed E-state index contributed by atoms with van der Waals surface area (Å²) in [6.45, 7) is 3.85. The van der Waals surface area contributed by atoms with E-state index >= 15 is 0 Å². The third-order valence-electron chi connectivity index (χ3n) is 2.57. The van der Waals surface area contributed by atoms with E-state index in [1.807, 2.05) is 0 Å². The summed E-state index contributed by atoms with van der Waals surface area (Å²) in [7, 11) is 0. The van der Waals surface area contributed by atoms with Crippen LogP contribution in [-0.2, 0) is 0 Å². The largest absolute Gasteiger partial charge is 0.120 e.